The van der Waals surface area contributed by atoms with Gasteiger partial charge in [0.2, 0.25) is 0 Å². The lowest BCUT2D eigenvalue weighted by Gasteiger charge is -1.70. The molecule has 0 aliphatic heterocycles. The molecule has 5 heteroatoms. The van der Waals surface area contributed by atoms with Gasteiger partial charge in [-0.25, -0.2) is 4.98 Å². The van der Waals surface area contributed by atoms with Crippen molar-refractivity contribution < 1.29 is 18.4 Å². The van der Waals surface area contributed by atoms with E-state index in [1.165, 1.54) is 11.3 Å². The average molecular weight is 260 g/mol. The van der Waals surface area contributed by atoms with Crippen molar-refractivity contribution in [3.05, 3.63) is 9.30 Å². The summed E-state index contributed by atoms with van der Waals surface area (Å²) < 4.78 is 0.838. The number of hydrogen-bond donors (Lipinski definition) is 1. The first kappa shape index (κ1) is 8.39. The highest BCUT2D eigenvalue weighted by Gasteiger charge is 1.88. The van der Waals surface area contributed by atoms with Crippen LogP contribution in [0.15, 0.2) is 9.30 Å². The second kappa shape index (κ2) is 3.42. The van der Waals surface area contributed by atoms with E-state index < -0.39 is 0 Å². The highest BCUT2D eigenvalue weighted by molar-refractivity contribution is 9.11. The number of nitrogens with two attached hydrogens (primary N) is 1. The molecule has 0 saturated carbocycles. The maximum atomic E-state index is 5.25. The van der Waals surface area contributed by atoms with E-state index in [-0.39, 0.29) is 18.4 Å². The molecule has 0 fully saturated rings. The fourth-order valence-corrected chi connectivity index (χ4v) is 1.18. The first-order chi connectivity index (χ1) is 3.29. The zero-order valence-corrected chi connectivity index (χ0v) is 7.75. The van der Waals surface area contributed by atoms with Crippen LogP contribution in [0.3, 0.4) is 0 Å². The van der Waals surface area contributed by atoms with Crippen LogP contribution in [-0.2, 0) is 0 Å². The third-order valence-corrected chi connectivity index (χ3v) is 1.88. The van der Waals surface area contributed by atoms with E-state index in [9.17, 15) is 0 Å². The predicted molar refractivity (Wildman–Crippen MR) is 35.3 cm³/mol. The Labute approximate surface area is 71.5 Å². The van der Waals surface area contributed by atoms with Gasteiger partial charge < -0.3 is 22.7 Å². The van der Waals surface area contributed by atoms with Gasteiger partial charge in [-0.05, 0) is 15.9 Å². The lowest BCUT2D eigenvalue weighted by Crippen LogP contribution is -3.00. The molecule has 1 aromatic heterocycles. The molecule has 0 aliphatic rings. The first-order valence-electron chi connectivity index (χ1n) is 1.65. The molecule has 46 valence electrons. The van der Waals surface area contributed by atoms with Crippen molar-refractivity contribution in [2.75, 3.05) is 5.73 Å². The molecule has 0 atom stereocenters. The van der Waals surface area contributed by atoms with Crippen LogP contribution in [0.2, 0.25) is 0 Å². The summed E-state index contributed by atoms with van der Waals surface area (Å²) in [5.74, 6) is 0.580. The van der Waals surface area contributed by atoms with Gasteiger partial charge in [-0.3, -0.25) is 0 Å². The van der Waals surface area contributed by atoms with Crippen molar-refractivity contribution in [2.24, 2.45) is 0 Å². The van der Waals surface area contributed by atoms with Gasteiger partial charge in [0.15, 0.2) is 3.92 Å². The third kappa shape index (κ3) is 2.11. The van der Waals surface area contributed by atoms with Gasteiger partial charge in [-0.2, -0.15) is 0 Å². The van der Waals surface area contributed by atoms with E-state index in [2.05, 4.69) is 20.9 Å². The molecule has 0 aromatic carbocycles. The normalized spacial score (nSPS) is 8.12. The summed E-state index contributed by atoms with van der Waals surface area (Å²) >= 11 is 4.64. The Bertz CT molecular complexity index is 152. The molecule has 2 nitrogen and oxygen atoms in total. The summed E-state index contributed by atoms with van der Waals surface area (Å²) in [4.78, 5) is 3.82. The minimum Gasteiger partial charge on any atom is -1.00 e. The van der Waals surface area contributed by atoms with Gasteiger partial charge in [-0.1, -0.05) is 0 Å². The van der Waals surface area contributed by atoms with Crippen molar-refractivity contribution in [1.29, 1.82) is 0 Å². The van der Waals surface area contributed by atoms with Crippen LogP contribution in [0.25, 0.3) is 0 Å². The quantitative estimate of drug-likeness (QED) is 0.623. The lowest BCUT2D eigenvalue weighted by atomic mass is 10.9. The van der Waals surface area contributed by atoms with Crippen molar-refractivity contribution in [2.45, 2.75) is 0 Å². The fraction of sp³-hybridized carbons (Fsp3) is 0. The second-order valence-corrected chi connectivity index (χ2v) is 3.16. The Morgan fingerprint density at radius 3 is 2.62 bits per heavy atom. The summed E-state index contributed by atoms with van der Waals surface area (Å²) in [5, 5.41) is 1.78. The minimum absolute atomic E-state index is 0. The molecule has 0 spiro atoms. The molecule has 0 aliphatic carbocycles. The number of thiazole rings is 1. The number of aromatic nitrogens is 1. The van der Waals surface area contributed by atoms with E-state index in [1.807, 2.05) is 0 Å². The number of anilines is 1. The summed E-state index contributed by atoms with van der Waals surface area (Å²) in [6.45, 7) is 0. The summed E-state index contributed by atoms with van der Waals surface area (Å²) in [5.41, 5.74) is 5.25. The molecule has 1 rings (SSSR count). The number of nitrogens with zero attached hydrogens (tertiary/aromatic N) is 1. The zero-order chi connectivity index (χ0) is 5.28. The zero-order valence-electron chi connectivity index (χ0n) is 4.77. The summed E-state index contributed by atoms with van der Waals surface area (Å²) in [6, 6.07) is 0. The average Bonchev–Trinajstić information content (AvgIpc) is 1.87. The molecule has 0 radical (unpaired) electrons. The van der Waals surface area contributed by atoms with E-state index in [0.717, 1.165) is 3.92 Å². The number of halogens is 2. The molecule has 0 saturated heterocycles. The highest BCUT2D eigenvalue weighted by Crippen LogP contribution is 2.16. The standard InChI is InChI=1S/C3H3BrN2S.BrH/c4-3-6-2(5)1-7-3;/h1H,5H2;1H. The third-order valence-electron chi connectivity index (χ3n) is 0.494. The van der Waals surface area contributed by atoms with Crippen molar-refractivity contribution in [1.82, 2.24) is 4.98 Å². The molecular formula is C3H4Br2N2S. The molecule has 0 bridgehead atoms. The second-order valence-electron chi connectivity index (χ2n) is 1.03. The Morgan fingerprint density at radius 1 is 1.88 bits per heavy atom. The first-order valence-corrected chi connectivity index (χ1v) is 3.33. The maximum Gasteiger partial charge on any atom is 1.00 e. The van der Waals surface area contributed by atoms with E-state index in [1.54, 1.807) is 5.38 Å². The van der Waals surface area contributed by atoms with E-state index in [0.29, 0.717) is 5.82 Å². The number of rotatable bonds is 0. The van der Waals surface area contributed by atoms with Crippen LogP contribution in [0.5, 0.6) is 0 Å². The Kier molecular flexibility index (Phi) is 3.59. The van der Waals surface area contributed by atoms with Gasteiger partial charge >= 0.3 is 1.43 Å². The van der Waals surface area contributed by atoms with Crippen LogP contribution >= 0.6 is 27.3 Å². The smallest absolute Gasteiger partial charge is 1.00 e. The molecule has 0 unspecified atom stereocenters. The Balaban J connectivity index is 0. The monoisotopic (exact) mass is 258 g/mol. The van der Waals surface area contributed by atoms with Crippen molar-refractivity contribution >= 4 is 33.1 Å². The lowest BCUT2D eigenvalue weighted by molar-refractivity contribution is -0.00000138. The Morgan fingerprint density at radius 2 is 2.50 bits per heavy atom. The van der Waals surface area contributed by atoms with Crippen molar-refractivity contribution in [3.8, 4) is 0 Å². The van der Waals surface area contributed by atoms with E-state index >= 15 is 0 Å². The van der Waals surface area contributed by atoms with Gasteiger partial charge in [-0.15, -0.1) is 11.3 Å². The summed E-state index contributed by atoms with van der Waals surface area (Å²) in [6.07, 6.45) is 0. The Hall–Kier alpha value is 0.390. The van der Waals surface area contributed by atoms with Crippen LogP contribution in [0.1, 0.15) is 1.43 Å². The SMILES string of the molecule is Nc1csc(Br)n1.[Br-].[H+]. The van der Waals surface area contributed by atoms with Gasteiger partial charge in [0.1, 0.15) is 5.82 Å². The maximum absolute atomic E-state index is 5.25. The van der Waals surface area contributed by atoms with Gasteiger partial charge in [0, 0.05) is 5.38 Å². The van der Waals surface area contributed by atoms with Gasteiger partial charge in [0.05, 0.1) is 0 Å². The molecule has 1 heterocycles. The van der Waals surface area contributed by atoms with Crippen LogP contribution < -0.4 is 22.7 Å². The van der Waals surface area contributed by atoms with Crippen LogP contribution in [0.4, 0.5) is 5.82 Å². The van der Waals surface area contributed by atoms with Gasteiger partial charge in [0.25, 0.3) is 0 Å². The van der Waals surface area contributed by atoms with Crippen LogP contribution in [-0.4, -0.2) is 4.98 Å². The minimum atomic E-state index is 0. The topological polar surface area (TPSA) is 38.9 Å². The van der Waals surface area contributed by atoms with Crippen LogP contribution in [0, 0.1) is 0 Å². The van der Waals surface area contributed by atoms with E-state index in [4.69, 9.17) is 5.73 Å². The summed E-state index contributed by atoms with van der Waals surface area (Å²) in [7, 11) is 0. The highest BCUT2D eigenvalue weighted by atomic mass is 79.9. The molecule has 1 aromatic rings. The number of nitrogen functional groups attached to an aromatic ring is 1. The molecule has 0 amide bonds. The number of hydrogen-bond acceptors (Lipinski definition) is 3. The fourth-order valence-electron chi connectivity index (χ4n) is 0.263. The molecule has 8 heavy (non-hydrogen) atoms. The molecule has 2 N–H and O–H groups in total. The van der Waals surface area contributed by atoms with Crippen molar-refractivity contribution in [3.63, 3.8) is 0 Å². The largest absolute Gasteiger partial charge is 1.00 e. The molecular weight excluding hydrogens is 256 g/mol. The predicted octanol–water partition coefficient (Wildman–Crippen LogP) is -1.40.